The van der Waals surface area contributed by atoms with Crippen LogP contribution in [0.4, 0.5) is 11.4 Å². The quantitative estimate of drug-likeness (QED) is 0.516. The number of amides is 1. The van der Waals surface area contributed by atoms with Crippen LogP contribution in [0.2, 0.25) is 0 Å². The van der Waals surface area contributed by atoms with Gasteiger partial charge in [0.25, 0.3) is 0 Å². The highest BCUT2D eigenvalue weighted by molar-refractivity contribution is 5.93. The molecule has 7 heteroatoms. The molecular formula is C23H30N2O5. The van der Waals surface area contributed by atoms with Gasteiger partial charge in [0.05, 0.1) is 19.3 Å². The largest absolute Gasteiger partial charge is 0.491 e. The van der Waals surface area contributed by atoms with Crippen molar-refractivity contribution in [3.63, 3.8) is 0 Å². The third-order valence-corrected chi connectivity index (χ3v) is 4.57. The first-order valence-electron chi connectivity index (χ1n) is 10.4. The third-order valence-electron chi connectivity index (χ3n) is 4.57. The summed E-state index contributed by atoms with van der Waals surface area (Å²) in [7, 11) is 0. The summed E-state index contributed by atoms with van der Waals surface area (Å²) in [5, 5.41) is 6.00. The molecule has 0 aromatic heterocycles. The molecule has 0 radical (unpaired) electrons. The van der Waals surface area contributed by atoms with Gasteiger partial charge in [-0.3, -0.25) is 4.79 Å². The number of hydrogen-bond acceptors (Lipinski definition) is 6. The minimum Gasteiger partial charge on any atom is -0.491 e. The predicted molar refractivity (Wildman–Crippen MR) is 116 cm³/mol. The fraction of sp³-hybridized carbons (Fsp3) is 0.435. The highest BCUT2D eigenvalue weighted by Gasteiger charge is 2.16. The zero-order valence-electron chi connectivity index (χ0n) is 17.4. The summed E-state index contributed by atoms with van der Waals surface area (Å²) in [5.74, 6) is 1.30. The van der Waals surface area contributed by atoms with Crippen LogP contribution in [-0.2, 0) is 14.3 Å². The van der Waals surface area contributed by atoms with Crippen LogP contribution in [-0.4, -0.2) is 51.6 Å². The molecule has 1 fully saturated rings. The summed E-state index contributed by atoms with van der Waals surface area (Å²) in [6.45, 7) is 5.12. The fourth-order valence-corrected chi connectivity index (χ4v) is 3.07. The minimum atomic E-state index is -0.146. The molecule has 162 valence electrons. The summed E-state index contributed by atoms with van der Waals surface area (Å²) in [6, 6.07) is 14.9. The lowest BCUT2D eigenvalue weighted by Gasteiger charge is -2.13. The van der Waals surface area contributed by atoms with Gasteiger partial charge in [-0.15, -0.1) is 0 Å². The van der Waals surface area contributed by atoms with Crippen LogP contribution < -0.4 is 20.1 Å². The van der Waals surface area contributed by atoms with Crippen molar-refractivity contribution in [3.8, 4) is 11.5 Å². The van der Waals surface area contributed by atoms with E-state index >= 15 is 0 Å². The molecule has 1 amide bonds. The van der Waals surface area contributed by atoms with Crippen molar-refractivity contribution >= 4 is 17.3 Å². The third kappa shape index (κ3) is 7.57. The van der Waals surface area contributed by atoms with Crippen LogP contribution in [0.5, 0.6) is 11.5 Å². The molecule has 0 saturated carbocycles. The lowest BCUT2D eigenvalue weighted by Crippen LogP contribution is -2.21. The molecule has 1 heterocycles. The number of hydrogen-bond donors (Lipinski definition) is 2. The molecule has 1 aliphatic heterocycles. The van der Waals surface area contributed by atoms with Gasteiger partial charge in [-0.2, -0.15) is 0 Å². The molecule has 2 aromatic rings. The Balaban J connectivity index is 1.42. The second kappa shape index (κ2) is 12.0. The monoisotopic (exact) mass is 414 g/mol. The Morgan fingerprint density at radius 3 is 2.60 bits per heavy atom. The Bertz CT molecular complexity index is 793. The first kappa shape index (κ1) is 21.9. The number of carbonyl (C=O) groups excluding carboxylic acids is 1. The zero-order valence-corrected chi connectivity index (χ0v) is 17.4. The second-order valence-corrected chi connectivity index (χ2v) is 6.95. The van der Waals surface area contributed by atoms with E-state index in [-0.39, 0.29) is 18.6 Å². The van der Waals surface area contributed by atoms with Gasteiger partial charge in [0.15, 0.2) is 0 Å². The fourth-order valence-electron chi connectivity index (χ4n) is 3.07. The first-order valence-corrected chi connectivity index (χ1v) is 10.4. The van der Waals surface area contributed by atoms with Crippen molar-refractivity contribution in [2.45, 2.75) is 25.9 Å². The number of benzene rings is 2. The van der Waals surface area contributed by atoms with Crippen molar-refractivity contribution in [3.05, 3.63) is 48.5 Å². The molecule has 2 aromatic carbocycles. The van der Waals surface area contributed by atoms with E-state index in [1.807, 2.05) is 49.4 Å². The molecule has 0 bridgehead atoms. The van der Waals surface area contributed by atoms with Gasteiger partial charge >= 0.3 is 0 Å². The summed E-state index contributed by atoms with van der Waals surface area (Å²) in [6.07, 6.45) is 2.30. The first-order chi connectivity index (χ1) is 14.7. The van der Waals surface area contributed by atoms with Gasteiger partial charge in [-0.1, -0.05) is 12.1 Å². The molecule has 1 atom stereocenters. The van der Waals surface area contributed by atoms with Crippen molar-refractivity contribution < 1.29 is 23.7 Å². The number of nitrogens with one attached hydrogen (secondary N) is 2. The van der Waals surface area contributed by atoms with E-state index in [9.17, 15) is 4.79 Å². The smallest absolute Gasteiger partial charge is 0.243 e. The highest BCUT2D eigenvalue weighted by Crippen LogP contribution is 2.20. The van der Waals surface area contributed by atoms with E-state index in [2.05, 4.69) is 10.6 Å². The number of carbonyl (C=O) groups is 1. The Kier molecular flexibility index (Phi) is 8.80. The average Bonchev–Trinajstić information content (AvgIpc) is 3.28. The summed E-state index contributed by atoms with van der Waals surface area (Å²) in [4.78, 5) is 12.3. The minimum absolute atomic E-state index is 0.143. The van der Waals surface area contributed by atoms with Gasteiger partial charge < -0.3 is 29.6 Å². The Morgan fingerprint density at radius 1 is 1.07 bits per heavy atom. The van der Waals surface area contributed by atoms with Crippen LogP contribution >= 0.6 is 0 Å². The van der Waals surface area contributed by atoms with E-state index in [4.69, 9.17) is 18.9 Å². The molecule has 1 aliphatic rings. The van der Waals surface area contributed by atoms with Gasteiger partial charge in [0, 0.05) is 36.7 Å². The highest BCUT2D eigenvalue weighted by atomic mass is 16.5. The molecule has 1 saturated heterocycles. The van der Waals surface area contributed by atoms with Gasteiger partial charge in [-0.05, 0) is 44.0 Å². The lowest BCUT2D eigenvalue weighted by molar-refractivity contribution is -0.114. The maximum atomic E-state index is 12.3. The van der Waals surface area contributed by atoms with Crippen molar-refractivity contribution in [2.75, 3.05) is 50.2 Å². The van der Waals surface area contributed by atoms with Gasteiger partial charge in [-0.25, -0.2) is 0 Å². The molecule has 0 aliphatic carbocycles. The topological polar surface area (TPSA) is 78.1 Å². The summed E-state index contributed by atoms with van der Waals surface area (Å²) < 4.78 is 22.3. The molecule has 0 spiro atoms. The van der Waals surface area contributed by atoms with Crippen LogP contribution in [0.25, 0.3) is 0 Å². The average molecular weight is 415 g/mol. The van der Waals surface area contributed by atoms with Crippen molar-refractivity contribution in [2.24, 2.45) is 0 Å². The number of anilines is 2. The van der Waals surface area contributed by atoms with Gasteiger partial charge in [0.1, 0.15) is 24.7 Å². The maximum absolute atomic E-state index is 12.3. The molecule has 1 unspecified atom stereocenters. The molecule has 2 N–H and O–H groups in total. The van der Waals surface area contributed by atoms with Crippen LogP contribution in [0.1, 0.15) is 19.8 Å². The van der Waals surface area contributed by atoms with Crippen LogP contribution in [0, 0.1) is 0 Å². The normalized spacial score (nSPS) is 15.6. The molecular weight excluding hydrogens is 384 g/mol. The van der Waals surface area contributed by atoms with E-state index in [0.717, 1.165) is 30.9 Å². The SMILES string of the molecule is CCOCCOc1cccc(NC(=O)CNc2cccc(OCC3CCCO3)c2)c1. The van der Waals surface area contributed by atoms with E-state index < -0.39 is 0 Å². The molecule has 3 rings (SSSR count). The standard InChI is InChI=1S/C23H30N2O5/c1-2-27-12-13-29-20-8-4-7-19(15-20)25-23(26)16-24-18-6-3-9-21(14-18)30-17-22-10-5-11-28-22/h3-4,6-9,14-15,22,24H,2,5,10-13,16-17H2,1H3,(H,25,26). The second-order valence-electron chi connectivity index (χ2n) is 6.95. The van der Waals surface area contributed by atoms with E-state index in [1.54, 1.807) is 6.07 Å². The predicted octanol–water partition coefficient (Wildman–Crippen LogP) is 3.71. The van der Waals surface area contributed by atoms with Crippen LogP contribution in [0.3, 0.4) is 0 Å². The lowest BCUT2D eigenvalue weighted by atomic mass is 10.2. The Morgan fingerprint density at radius 2 is 1.83 bits per heavy atom. The molecule has 30 heavy (non-hydrogen) atoms. The number of rotatable bonds is 12. The van der Waals surface area contributed by atoms with Gasteiger partial charge in [0.2, 0.25) is 5.91 Å². The Labute approximate surface area is 177 Å². The zero-order chi connectivity index (χ0) is 21.0. The van der Waals surface area contributed by atoms with E-state index in [0.29, 0.717) is 37.9 Å². The van der Waals surface area contributed by atoms with Crippen LogP contribution in [0.15, 0.2) is 48.5 Å². The summed E-state index contributed by atoms with van der Waals surface area (Å²) in [5.41, 5.74) is 1.51. The Hall–Kier alpha value is -2.77. The van der Waals surface area contributed by atoms with Crippen molar-refractivity contribution in [1.82, 2.24) is 0 Å². The van der Waals surface area contributed by atoms with Crippen molar-refractivity contribution in [1.29, 1.82) is 0 Å². The number of ether oxygens (including phenoxy) is 4. The molecule has 7 nitrogen and oxygen atoms in total. The van der Waals surface area contributed by atoms with E-state index in [1.165, 1.54) is 0 Å². The maximum Gasteiger partial charge on any atom is 0.243 e. The summed E-state index contributed by atoms with van der Waals surface area (Å²) >= 11 is 0.